The average Bonchev–Trinajstić information content (AvgIpc) is 3.31. The van der Waals surface area contributed by atoms with E-state index in [4.69, 9.17) is 15.8 Å². The number of urea groups is 1. The fraction of sp³-hybridized carbons (Fsp3) is 0.200. The lowest BCUT2D eigenvalue weighted by atomic mass is 10.2. The van der Waals surface area contributed by atoms with Crippen LogP contribution in [0.4, 0.5) is 16.2 Å². The quantitative estimate of drug-likeness (QED) is 0.734. The van der Waals surface area contributed by atoms with Crippen molar-refractivity contribution in [3.05, 3.63) is 35.5 Å². The van der Waals surface area contributed by atoms with Crippen LogP contribution in [0.15, 0.2) is 35.5 Å². The summed E-state index contributed by atoms with van der Waals surface area (Å²) in [5.74, 6) is 0. The highest BCUT2D eigenvalue weighted by molar-refractivity contribution is 5.90. The summed E-state index contributed by atoms with van der Waals surface area (Å²) >= 11 is 0. The molecule has 2 rings (SSSR count). The van der Waals surface area contributed by atoms with Crippen LogP contribution in [0.5, 0.6) is 0 Å². The molecule has 1 aromatic rings. The first-order chi connectivity index (χ1) is 10.7. The van der Waals surface area contributed by atoms with E-state index >= 15 is 0 Å². The highest BCUT2D eigenvalue weighted by Gasteiger charge is 2.23. The topological polar surface area (TPSA) is 125 Å². The van der Waals surface area contributed by atoms with Gasteiger partial charge in [-0.15, -0.1) is 0 Å². The highest BCUT2D eigenvalue weighted by Crippen LogP contribution is 2.20. The maximum atomic E-state index is 11.7. The van der Waals surface area contributed by atoms with Crippen molar-refractivity contribution < 1.29 is 4.79 Å². The third-order valence-electron chi connectivity index (χ3n) is 2.89. The molecule has 0 spiro atoms. The van der Waals surface area contributed by atoms with Crippen LogP contribution >= 0.6 is 0 Å². The molecular formula is C15H12N6O. The summed E-state index contributed by atoms with van der Waals surface area (Å²) in [4.78, 5) is 11.7. The van der Waals surface area contributed by atoms with Crippen LogP contribution in [0, 0.1) is 34.0 Å². The van der Waals surface area contributed by atoms with Gasteiger partial charge >= 0.3 is 6.03 Å². The number of carbonyl (C=O) groups is 1. The first-order valence-corrected chi connectivity index (χ1v) is 6.55. The van der Waals surface area contributed by atoms with Gasteiger partial charge in [-0.25, -0.2) is 4.79 Å². The lowest BCUT2D eigenvalue weighted by Crippen LogP contribution is -2.30. The van der Waals surface area contributed by atoms with Crippen LogP contribution in [0.1, 0.15) is 12.8 Å². The zero-order valence-corrected chi connectivity index (χ0v) is 11.6. The van der Waals surface area contributed by atoms with Crippen LogP contribution in [0.25, 0.3) is 0 Å². The highest BCUT2D eigenvalue weighted by atomic mass is 16.2. The zero-order valence-electron chi connectivity index (χ0n) is 11.6. The summed E-state index contributed by atoms with van der Waals surface area (Å²) in [6.07, 6.45) is 1.99. The number of nitrogens with one attached hydrogen (secondary N) is 3. The second-order valence-corrected chi connectivity index (χ2v) is 4.66. The van der Waals surface area contributed by atoms with Gasteiger partial charge in [-0.2, -0.15) is 15.8 Å². The van der Waals surface area contributed by atoms with Gasteiger partial charge in [-0.05, 0) is 31.0 Å². The molecule has 1 aliphatic carbocycles. The number of nitriles is 3. The molecule has 0 aliphatic heterocycles. The summed E-state index contributed by atoms with van der Waals surface area (Å²) in [5.41, 5.74) is 0.594. The summed E-state index contributed by atoms with van der Waals surface area (Å²) in [6, 6.07) is 11.7. The smallest absolute Gasteiger partial charge is 0.319 e. The minimum Gasteiger partial charge on any atom is -0.345 e. The van der Waals surface area contributed by atoms with Crippen LogP contribution in [-0.2, 0) is 0 Å². The lowest BCUT2D eigenvalue weighted by Gasteiger charge is -2.09. The van der Waals surface area contributed by atoms with E-state index in [0.717, 1.165) is 12.8 Å². The number of benzene rings is 1. The predicted molar refractivity (Wildman–Crippen MR) is 79.1 cm³/mol. The van der Waals surface area contributed by atoms with Crippen molar-refractivity contribution >= 4 is 17.4 Å². The van der Waals surface area contributed by atoms with Gasteiger partial charge in [0.1, 0.15) is 23.9 Å². The van der Waals surface area contributed by atoms with Crippen LogP contribution < -0.4 is 16.0 Å². The minimum absolute atomic E-state index is 0.135. The first kappa shape index (κ1) is 14.9. The molecule has 0 radical (unpaired) electrons. The Bertz CT molecular complexity index is 727. The van der Waals surface area contributed by atoms with E-state index in [1.54, 1.807) is 42.5 Å². The van der Waals surface area contributed by atoms with Crippen molar-refractivity contribution in [1.82, 2.24) is 5.32 Å². The zero-order chi connectivity index (χ0) is 15.9. The van der Waals surface area contributed by atoms with Gasteiger partial charge in [0.25, 0.3) is 0 Å². The third kappa shape index (κ3) is 4.00. The number of rotatable bonds is 4. The Balaban J connectivity index is 2.10. The van der Waals surface area contributed by atoms with Crippen LogP contribution in [0.2, 0.25) is 0 Å². The Labute approximate surface area is 127 Å². The van der Waals surface area contributed by atoms with Crippen molar-refractivity contribution in [3.8, 4) is 18.2 Å². The van der Waals surface area contributed by atoms with Gasteiger partial charge in [0.2, 0.25) is 0 Å². The molecule has 0 aromatic heterocycles. The third-order valence-corrected chi connectivity index (χ3v) is 2.89. The lowest BCUT2D eigenvalue weighted by molar-refractivity contribution is 0.251. The second-order valence-electron chi connectivity index (χ2n) is 4.66. The number of hydrogen-bond acceptors (Lipinski definition) is 5. The molecule has 1 saturated carbocycles. The molecule has 7 heteroatoms. The molecule has 7 nitrogen and oxygen atoms in total. The maximum absolute atomic E-state index is 11.7. The monoisotopic (exact) mass is 292 g/mol. The average molecular weight is 292 g/mol. The largest absolute Gasteiger partial charge is 0.345 e. The maximum Gasteiger partial charge on any atom is 0.319 e. The molecule has 0 atom stereocenters. The van der Waals surface area contributed by atoms with E-state index in [0.29, 0.717) is 11.4 Å². The second kappa shape index (κ2) is 6.78. The SMILES string of the molecule is N#CC(C#N)=C(C#N)Nc1cccc(NC(=O)NC2CC2)c1. The fourth-order valence-corrected chi connectivity index (χ4v) is 1.68. The molecule has 1 fully saturated rings. The summed E-state index contributed by atoms with van der Waals surface area (Å²) in [7, 11) is 0. The number of anilines is 2. The van der Waals surface area contributed by atoms with Crippen molar-refractivity contribution in [3.63, 3.8) is 0 Å². The molecule has 1 aromatic carbocycles. The van der Waals surface area contributed by atoms with E-state index in [1.165, 1.54) is 0 Å². The van der Waals surface area contributed by atoms with Crippen LogP contribution in [0.3, 0.4) is 0 Å². The Morgan fingerprint density at radius 2 is 1.68 bits per heavy atom. The number of allylic oxidation sites excluding steroid dienone is 2. The van der Waals surface area contributed by atoms with Gasteiger partial charge in [-0.3, -0.25) is 0 Å². The molecule has 2 amide bonds. The molecular weight excluding hydrogens is 280 g/mol. The Morgan fingerprint density at radius 1 is 1.05 bits per heavy atom. The number of carbonyl (C=O) groups excluding carboxylic acids is 1. The van der Waals surface area contributed by atoms with E-state index < -0.39 is 0 Å². The van der Waals surface area contributed by atoms with E-state index in [-0.39, 0.29) is 23.3 Å². The minimum atomic E-state index is -0.299. The Hall–Kier alpha value is -3.50. The normalized spacial score (nSPS) is 12.0. The first-order valence-electron chi connectivity index (χ1n) is 6.55. The molecule has 0 heterocycles. The van der Waals surface area contributed by atoms with Crippen LogP contribution in [-0.4, -0.2) is 12.1 Å². The van der Waals surface area contributed by atoms with Crippen molar-refractivity contribution in [1.29, 1.82) is 15.8 Å². The van der Waals surface area contributed by atoms with Gasteiger partial charge in [-0.1, -0.05) is 6.07 Å². The fourth-order valence-electron chi connectivity index (χ4n) is 1.68. The van der Waals surface area contributed by atoms with Gasteiger partial charge in [0, 0.05) is 17.4 Å². The molecule has 0 bridgehead atoms. The Morgan fingerprint density at radius 3 is 2.23 bits per heavy atom. The van der Waals surface area contributed by atoms with Crippen molar-refractivity contribution in [2.75, 3.05) is 10.6 Å². The standard InChI is InChI=1S/C15H12N6O/c16-7-10(8-17)14(9-18)19-12-2-1-3-13(6-12)21-15(22)20-11-4-5-11/h1-3,6,11,19H,4-5H2,(H2,20,21,22). The summed E-state index contributed by atoms with van der Waals surface area (Å²) in [5, 5.41) is 34.7. The molecule has 0 saturated heterocycles. The van der Waals surface area contributed by atoms with Crippen molar-refractivity contribution in [2.45, 2.75) is 18.9 Å². The molecule has 3 N–H and O–H groups in total. The number of nitrogens with zero attached hydrogens (tertiary/aromatic N) is 3. The number of amides is 2. The Kier molecular flexibility index (Phi) is 4.59. The number of hydrogen-bond donors (Lipinski definition) is 3. The predicted octanol–water partition coefficient (Wildman–Crippen LogP) is 2.21. The van der Waals surface area contributed by atoms with E-state index in [9.17, 15) is 4.79 Å². The summed E-state index contributed by atoms with van der Waals surface area (Å²) in [6.45, 7) is 0. The van der Waals surface area contributed by atoms with Crippen molar-refractivity contribution in [2.24, 2.45) is 0 Å². The molecule has 1 aliphatic rings. The van der Waals surface area contributed by atoms with E-state index in [2.05, 4.69) is 16.0 Å². The van der Waals surface area contributed by atoms with Gasteiger partial charge < -0.3 is 16.0 Å². The molecule has 108 valence electrons. The van der Waals surface area contributed by atoms with Gasteiger partial charge in [0.15, 0.2) is 5.57 Å². The van der Waals surface area contributed by atoms with E-state index in [1.807, 2.05) is 0 Å². The molecule has 22 heavy (non-hydrogen) atoms. The summed E-state index contributed by atoms with van der Waals surface area (Å²) < 4.78 is 0. The molecule has 0 unspecified atom stereocenters. The van der Waals surface area contributed by atoms with Gasteiger partial charge in [0.05, 0.1) is 0 Å².